The molecule has 0 spiro atoms. The zero-order valence-corrected chi connectivity index (χ0v) is 14.1. The highest BCUT2D eigenvalue weighted by Gasteiger charge is 2.30. The molecule has 116 valence electrons. The molecule has 0 heterocycles. The third-order valence-corrected chi connectivity index (χ3v) is 3.69. The Morgan fingerprint density at radius 2 is 1.67 bits per heavy atom. The standard InChI is InChI=1S/C17H30BN3/c1-6-9-11-12-14-17(5,13-10-7-2)16(19-8-3)21-20-15(4)18/h8H,3-4,6-7,9-14H2,1-2,5H3. The van der Waals surface area contributed by atoms with E-state index in [1.807, 2.05) is 0 Å². The van der Waals surface area contributed by atoms with Crippen molar-refractivity contribution in [2.45, 2.75) is 72.1 Å². The fourth-order valence-corrected chi connectivity index (χ4v) is 2.36. The molecule has 2 radical (unpaired) electrons. The molecular formula is C17H30BN3. The summed E-state index contributed by atoms with van der Waals surface area (Å²) >= 11 is 0. The SMILES string of the molecule is [B]C(=C)N=NC(=NC=C)C(C)(CCCC)CCCCCC. The molecule has 0 amide bonds. The van der Waals surface area contributed by atoms with Gasteiger partial charge in [0.05, 0.1) is 0 Å². The lowest BCUT2D eigenvalue weighted by molar-refractivity contribution is 0.358. The van der Waals surface area contributed by atoms with E-state index < -0.39 is 0 Å². The van der Waals surface area contributed by atoms with Gasteiger partial charge in [0.2, 0.25) is 0 Å². The summed E-state index contributed by atoms with van der Waals surface area (Å²) in [5.41, 5.74) is 0.132. The Bertz CT molecular complexity index is 374. The van der Waals surface area contributed by atoms with Crippen LogP contribution in [0.4, 0.5) is 0 Å². The van der Waals surface area contributed by atoms with Gasteiger partial charge in [-0.3, -0.25) is 0 Å². The van der Waals surface area contributed by atoms with E-state index in [2.05, 4.69) is 49.1 Å². The van der Waals surface area contributed by atoms with Crippen molar-refractivity contribution in [1.29, 1.82) is 0 Å². The normalized spacial score (nSPS) is 15.1. The first kappa shape index (κ1) is 19.8. The van der Waals surface area contributed by atoms with Crippen molar-refractivity contribution in [3.63, 3.8) is 0 Å². The number of amidine groups is 1. The molecule has 0 aromatic heterocycles. The van der Waals surface area contributed by atoms with Gasteiger partial charge in [-0.1, -0.05) is 72.5 Å². The van der Waals surface area contributed by atoms with Gasteiger partial charge in [0.25, 0.3) is 0 Å². The summed E-state index contributed by atoms with van der Waals surface area (Å²) in [4.78, 5) is 4.34. The number of aliphatic imine (C=N–C) groups is 1. The number of rotatable bonds is 11. The highest BCUT2D eigenvalue weighted by molar-refractivity contribution is 6.20. The zero-order chi connectivity index (χ0) is 16.1. The summed E-state index contributed by atoms with van der Waals surface area (Å²) in [6, 6.07) is 0. The predicted molar refractivity (Wildman–Crippen MR) is 93.8 cm³/mol. The van der Waals surface area contributed by atoms with Gasteiger partial charge < -0.3 is 0 Å². The maximum Gasteiger partial charge on any atom is 0.156 e. The maximum atomic E-state index is 5.48. The maximum absolute atomic E-state index is 5.48. The quantitative estimate of drug-likeness (QED) is 0.152. The summed E-state index contributed by atoms with van der Waals surface area (Å²) in [5.74, 6) is 0.717. The molecule has 0 aromatic carbocycles. The Morgan fingerprint density at radius 1 is 1.05 bits per heavy atom. The summed E-state index contributed by atoms with van der Waals surface area (Å²) in [6.45, 7) is 13.9. The van der Waals surface area contributed by atoms with Crippen LogP contribution in [0.15, 0.2) is 40.2 Å². The van der Waals surface area contributed by atoms with Crippen molar-refractivity contribution in [1.82, 2.24) is 0 Å². The Labute approximate surface area is 132 Å². The van der Waals surface area contributed by atoms with Crippen LogP contribution in [0, 0.1) is 5.41 Å². The second kappa shape index (κ2) is 11.5. The minimum Gasteiger partial charge on any atom is -0.240 e. The molecule has 0 aliphatic heterocycles. The molecule has 21 heavy (non-hydrogen) atoms. The van der Waals surface area contributed by atoms with Crippen molar-refractivity contribution in [2.24, 2.45) is 20.6 Å². The Kier molecular flexibility index (Phi) is 10.8. The topological polar surface area (TPSA) is 37.1 Å². The van der Waals surface area contributed by atoms with Crippen LogP contribution in [0.2, 0.25) is 0 Å². The second-order valence-corrected chi connectivity index (χ2v) is 5.80. The van der Waals surface area contributed by atoms with Gasteiger partial charge in [-0.25, -0.2) is 4.99 Å². The Morgan fingerprint density at radius 3 is 2.19 bits per heavy atom. The fourth-order valence-electron chi connectivity index (χ4n) is 2.36. The monoisotopic (exact) mass is 287 g/mol. The number of azo groups is 1. The summed E-state index contributed by atoms with van der Waals surface area (Å²) in [7, 11) is 5.48. The molecule has 0 aromatic rings. The van der Waals surface area contributed by atoms with Crippen LogP contribution in [-0.4, -0.2) is 13.7 Å². The van der Waals surface area contributed by atoms with Crippen LogP contribution in [0.25, 0.3) is 0 Å². The first-order valence-corrected chi connectivity index (χ1v) is 8.05. The molecule has 0 saturated carbocycles. The highest BCUT2D eigenvalue weighted by atomic mass is 15.1. The first-order valence-electron chi connectivity index (χ1n) is 8.05. The van der Waals surface area contributed by atoms with Crippen molar-refractivity contribution in [2.75, 3.05) is 0 Å². The molecule has 0 N–H and O–H groups in total. The number of unbranched alkanes of at least 4 members (excludes halogenated alkanes) is 4. The molecule has 0 saturated heterocycles. The van der Waals surface area contributed by atoms with Crippen LogP contribution in [0.3, 0.4) is 0 Å². The Hall–Kier alpha value is -1.19. The van der Waals surface area contributed by atoms with E-state index in [0.29, 0.717) is 5.84 Å². The Balaban J connectivity index is 5.05. The fraction of sp³-hybridized carbons (Fsp3) is 0.706. The van der Waals surface area contributed by atoms with E-state index in [-0.39, 0.29) is 11.0 Å². The van der Waals surface area contributed by atoms with Crippen molar-refractivity contribution >= 4 is 13.7 Å². The van der Waals surface area contributed by atoms with Gasteiger partial charge in [-0.15, -0.1) is 5.11 Å². The van der Waals surface area contributed by atoms with E-state index in [9.17, 15) is 0 Å². The first-order chi connectivity index (χ1) is 10.00. The number of nitrogens with zero attached hydrogens (tertiary/aromatic N) is 3. The molecule has 0 bridgehead atoms. The zero-order valence-electron chi connectivity index (χ0n) is 14.1. The van der Waals surface area contributed by atoms with E-state index in [1.165, 1.54) is 31.9 Å². The highest BCUT2D eigenvalue weighted by Crippen LogP contribution is 2.33. The van der Waals surface area contributed by atoms with Gasteiger partial charge in [-0.2, -0.15) is 5.11 Å². The average molecular weight is 287 g/mol. The van der Waals surface area contributed by atoms with Crippen molar-refractivity contribution in [3.05, 3.63) is 25.0 Å². The lowest BCUT2D eigenvalue weighted by Crippen LogP contribution is -2.26. The largest absolute Gasteiger partial charge is 0.240 e. The third-order valence-electron chi connectivity index (χ3n) is 3.69. The molecule has 1 atom stereocenters. The molecule has 0 aliphatic rings. The molecular weight excluding hydrogens is 257 g/mol. The van der Waals surface area contributed by atoms with Gasteiger partial charge in [0.1, 0.15) is 7.85 Å². The van der Waals surface area contributed by atoms with Crippen LogP contribution in [0.1, 0.15) is 72.1 Å². The summed E-state index contributed by atoms with van der Waals surface area (Å²) < 4.78 is 0. The van der Waals surface area contributed by atoms with E-state index in [4.69, 9.17) is 7.85 Å². The van der Waals surface area contributed by atoms with Gasteiger partial charge in [0.15, 0.2) is 5.84 Å². The van der Waals surface area contributed by atoms with Gasteiger partial charge in [0, 0.05) is 17.2 Å². The van der Waals surface area contributed by atoms with Crippen molar-refractivity contribution in [3.8, 4) is 0 Å². The minimum atomic E-state index is -0.0725. The van der Waals surface area contributed by atoms with E-state index in [1.54, 1.807) is 0 Å². The molecule has 0 rings (SSSR count). The lowest BCUT2D eigenvalue weighted by atomic mass is 9.79. The molecule has 3 nitrogen and oxygen atoms in total. The summed E-state index contributed by atoms with van der Waals surface area (Å²) in [5, 5.41) is 8.11. The van der Waals surface area contributed by atoms with Crippen LogP contribution >= 0.6 is 0 Å². The minimum absolute atomic E-state index is 0.0725. The van der Waals surface area contributed by atoms with Crippen molar-refractivity contribution < 1.29 is 0 Å². The van der Waals surface area contributed by atoms with E-state index in [0.717, 1.165) is 25.7 Å². The lowest BCUT2D eigenvalue weighted by Gasteiger charge is -2.28. The molecule has 0 fully saturated rings. The van der Waals surface area contributed by atoms with Gasteiger partial charge >= 0.3 is 0 Å². The predicted octanol–water partition coefficient (Wildman–Crippen LogP) is 5.79. The van der Waals surface area contributed by atoms with Crippen LogP contribution in [0.5, 0.6) is 0 Å². The number of hydrogen-bond donors (Lipinski definition) is 0. The van der Waals surface area contributed by atoms with E-state index >= 15 is 0 Å². The van der Waals surface area contributed by atoms with Crippen LogP contribution < -0.4 is 0 Å². The summed E-state index contributed by atoms with van der Waals surface area (Å²) in [6.07, 6.45) is 10.9. The second-order valence-electron chi connectivity index (χ2n) is 5.80. The average Bonchev–Trinajstić information content (AvgIpc) is 2.45. The smallest absolute Gasteiger partial charge is 0.156 e. The van der Waals surface area contributed by atoms with Gasteiger partial charge in [-0.05, 0) is 12.8 Å². The van der Waals surface area contributed by atoms with Crippen LogP contribution in [-0.2, 0) is 0 Å². The molecule has 4 heteroatoms. The molecule has 1 unspecified atom stereocenters. The molecule has 0 aliphatic carbocycles. The third kappa shape index (κ3) is 8.64. The number of hydrogen-bond acceptors (Lipinski definition) is 2.